The number of likely N-dealkylation sites (N-methyl/N-ethyl adjacent to an activating group) is 1. The minimum atomic E-state index is -0.167. The van der Waals surface area contributed by atoms with Crippen LogP contribution in [0.15, 0.2) is 0 Å². The van der Waals surface area contributed by atoms with Crippen LogP contribution in [0.2, 0.25) is 0 Å². The standard InChI is InChI=1S/C14H27N3O3/c1-4-17(5-2)13(18)11-15-7-9-16(10-8-15)12-14(19)20-6-3/h4-12H2,1-3H3. The van der Waals surface area contributed by atoms with E-state index in [-0.39, 0.29) is 11.9 Å². The van der Waals surface area contributed by atoms with Gasteiger partial charge in [-0.15, -0.1) is 0 Å². The Morgan fingerprint density at radius 2 is 1.45 bits per heavy atom. The number of rotatable bonds is 7. The number of nitrogens with zero attached hydrogens (tertiary/aromatic N) is 3. The van der Waals surface area contributed by atoms with Crippen molar-refractivity contribution in [1.29, 1.82) is 0 Å². The molecule has 6 heteroatoms. The van der Waals surface area contributed by atoms with Crippen LogP contribution in [0.4, 0.5) is 0 Å². The van der Waals surface area contributed by atoms with Gasteiger partial charge in [-0.3, -0.25) is 19.4 Å². The maximum atomic E-state index is 12.0. The Bertz CT molecular complexity index is 311. The highest BCUT2D eigenvalue weighted by atomic mass is 16.5. The van der Waals surface area contributed by atoms with Crippen LogP contribution in [-0.2, 0) is 14.3 Å². The molecule has 1 amide bonds. The van der Waals surface area contributed by atoms with Gasteiger partial charge in [0, 0.05) is 39.3 Å². The number of carbonyl (C=O) groups excluding carboxylic acids is 2. The first-order chi connectivity index (χ1) is 9.60. The molecule has 0 radical (unpaired) electrons. The van der Waals surface area contributed by atoms with Crippen molar-refractivity contribution >= 4 is 11.9 Å². The minimum absolute atomic E-state index is 0.167. The van der Waals surface area contributed by atoms with Gasteiger partial charge in [-0.1, -0.05) is 0 Å². The smallest absolute Gasteiger partial charge is 0.320 e. The summed E-state index contributed by atoms with van der Waals surface area (Å²) in [5, 5.41) is 0. The van der Waals surface area contributed by atoms with Crippen LogP contribution in [0.1, 0.15) is 20.8 Å². The maximum absolute atomic E-state index is 12.0. The first kappa shape index (κ1) is 16.9. The van der Waals surface area contributed by atoms with Gasteiger partial charge in [0.25, 0.3) is 0 Å². The van der Waals surface area contributed by atoms with Gasteiger partial charge in [0.2, 0.25) is 5.91 Å². The Labute approximate surface area is 121 Å². The second kappa shape index (κ2) is 8.92. The maximum Gasteiger partial charge on any atom is 0.320 e. The highest BCUT2D eigenvalue weighted by molar-refractivity contribution is 5.78. The Balaban J connectivity index is 2.28. The third kappa shape index (κ3) is 5.46. The lowest BCUT2D eigenvalue weighted by atomic mass is 10.3. The van der Waals surface area contributed by atoms with Gasteiger partial charge in [0.1, 0.15) is 0 Å². The molecule has 0 atom stereocenters. The molecule has 1 rings (SSSR count). The fraction of sp³-hybridized carbons (Fsp3) is 0.857. The van der Waals surface area contributed by atoms with Crippen LogP contribution in [0.25, 0.3) is 0 Å². The van der Waals surface area contributed by atoms with Gasteiger partial charge in [-0.2, -0.15) is 0 Å². The topological polar surface area (TPSA) is 53.1 Å². The molecule has 0 N–H and O–H groups in total. The Morgan fingerprint density at radius 1 is 0.950 bits per heavy atom. The van der Waals surface area contributed by atoms with Crippen molar-refractivity contribution in [3.05, 3.63) is 0 Å². The van der Waals surface area contributed by atoms with E-state index in [0.717, 1.165) is 39.3 Å². The van der Waals surface area contributed by atoms with Crippen LogP contribution >= 0.6 is 0 Å². The predicted octanol–water partition coefficient (Wildman–Crippen LogP) is 0.0355. The number of hydrogen-bond donors (Lipinski definition) is 0. The fourth-order valence-electron chi connectivity index (χ4n) is 2.36. The summed E-state index contributed by atoms with van der Waals surface area (Å²) in [6, 6.07) is 0. The number of piperazine rings is 1. The summed E-state index contributed by atoms with van der Waals surface area (Å²) in [7, 11) is 0. The molecule has 1 saturated heterocycles. The Kier molecular flexibility index (Phi) is 7.54. The van der Waals surface area contributed by atoms with Crippen LogP contribution in [0.3, 0.4) is 0 Å². The monoisotopic (exact) mass is 285 g/mol. The summed E-state index contributed by atoms with van der Waals surface area (Å²) < 4.78 is 4.94. The lowest BCUT2D eigenvalue weighted by molar-refractivity contribution is -0.145. The zero-order chi connectivity index (χ0) is 15.0. The van der Waals surface area contributed by atoms with Crippen molar-refractivity contribution in [3.63, 3.8) is 0 Å². The molecule has 0 aliphatic carbocycles. The third-order valence-corrected chi connectivity index (χ3v) is 3.60. The fourth-order valence-corrected chi connectivity index (χ4v) is 2.36. The molecular formula is C14H27N3O3. The van der Waals surface area contributed by atoms with Crippen molar-refractivity contribution in [2.75, 3.05) is 59.0 Å². The zero-order valence-electron chi connectivity index (χ0n) is 12.9. The average Bonchev–Trinajstić information content (AvgIpc) is 2.42. The summed E-state index contributed by atoms with van der Waals surface area (Å²) >= 11 is 0. The van der Waals surface area contributed by atoms with Gasteiger partial charge >= 0.3 is 5.97 Å². The molecule has 0 aromatic rings. The summed E-state index contributed by atoms with van der Waals surface area (Å²) in [6.45, 7) is 11.9. The Morgan fingerprint density at radius 3 is 1.90 bits per heavy atom. The first-order valence-corrected chi connectivity index (χ1v) is 7.48. The van der Waals surface area contributed by atoms with Gasteiger partial charge in [0.05, 0.1) is 19.7 Å². The largest absolute Gasteiger partial charge is 0.465 e. The summed E-state index contributed by atoms with van der Waals surface area (Å²) in [6.07, 6.45) is 0. The normalized spacial score (nSPS) is 16.9. The molecule has 6 nitrogen and oxygen atoms in total. The molecule has 0 spiro atoms. The van der Waals surface area contributed by atoms with E-state index in [0.29, 0.717) is 19.7 Å². The van der Waals surface area contributed by atoms with Crippen molar-refractivity contribution in [3.8, 4) is 0 Å². The van der Waals surface area contributed by atoms with Crippen molar-refractivity contribution in [1.82, 2.24) is 14.7 Å². The van der Waals surface area contributed by atoms with Gasteiger partial charge in [-0.25, -0.2) is 0 Å². The summed E-state index contributed by atoms with van der Waals surface area (Å²) in [5.41, 5.74) is 0. The molecule has 0 unspecified atom stereocenters. The average molecular weight is 285 g/mol. The van der Waals surface area contributed by atoms with Crippen LogP contribution in [0.5, 0.6) is 0 Å². The van der Waals surface area contributed by atoms with Crippen molar-refractivity contribution < 1.29 is 14.3 Å². The number of amides is 1. The lowest BCUT2D eigenvalue weighted by Crippen LogP contribution is -2.51. The van der Waals surface area contributed by atoms with E-state index >= 15 is 0 Å². The predicted molar refractivity (Wildman–Crippen MR) is 77.4 cm³/mol. The second-order valence-corrected chi connectivity index (χ2v) is 4.92. The molecule has 1 heterocycles. The van der Waals surface area contributed by atoms with E-state index in [1.54, 1.807) is 0 Å². The molecule has 0 aromatic carbocycles. The van der Waals surface area contributed by atoms with Crippen molar-refractivity contribution in [2.45, 2.75) is 20.8 Å². The first-order valence-electron chi connectivity index (χ1n) is 7.48. The summed E-state index contributed by atoms with van der Waals surface area (Å²) in [5.74, 6) is 0.0222. The van der Waals surface area contributed by atoms with E-state index in [1.807, 2.05) is 25.7 Å². The molecule has 1 aliphatic heterocycles. The molecule has 116 valence electrons. The minimum Gasteiger partial charge on any atom is -0.465 e. The molecule has 1 fully saturated rings. The van der Waals surface area contributed by atoms with E-state index in [9.17, 15) is 9.59 Å². The van der Waals surface area contributed by atoms with Gasteiger partial charge in [0.15, 0.2) is 0 Å². The SMILES string of the molecule is CCOC(=O)CN1CCN(CC(=O)N(CC)CC)CC1. The molecule has 1 aliphatic rings. The van der Waals surface area contributed by atoms with E-state index in [1.165, 1.54) is 0 Å². The van der Waals surface area contributed by atoms with E-state index < -0.39 is 0 Å². The second-order valence-electron chi connectivity index (χ2n) is 4.92. The highest BCUT2D eigenvalue weighted by Crippen LogP contribution is 2.03. The summed E-state index contributed by atoms with van der Waals surface area (Å²) in [4.78, 5) is 29.5. The van der Waals surface area contributed by atoms with Crippen LogP contribution in [0, 0.1) is 0 Å². The molecular weight excluding hydrogens is 258 g/mol. The zero-order valence-corrected chi connectivity index (χ0v) is 12.9. The number of carbonyl (C=O) groups is 2. The third-order valence-electron chi connectivity index (χ3n) is 3.60. The quantitative estimate of drug-likeness (QED) is 0.618. The Hall–Kier alpha value is -1.14. The van der Waals surface area contributed by atoms with E-state index in [4.69, 9.17) is 4.74 Å². The molecule has 20 heavy (non-hydrogen) atoms. The lowest BCUT2D eigenvalue weighted by Gasteiger charge is -2.34. The van der Waals surface area contributed by atoms with Crippen LogP contribution in [-0.4, -0.2) is 85.5 Å². The van der Waals surface area contributed by atoms with Gasteiger partial charge in [-0.05, 0) is 20.8 Å². The highest BCUT2D eigenvalue weighted by Gasteiger charge is 2.22. The number of ether oxygens (including phenoxy) is 1. The number of esters is 1. The van der Waals surface area contributed by atoms with Crippen molar-refractivity contribution in [2.24, 2.45) is 0 Å². The van der Waals surface area contributed by atoms with Crippen LogP contribution < -0.4 is 0 Å². The van der Waals surface area contributed by atoms with Gasteiger partial charge < -0.3 is 9.64 Å². The molecule has 0 aromatic heterocycles. The molecule has 0 bridgehead atoms. The molecule has 0 saturated carbocycles. The van der Waals surface area contributed by atoms with E-state index in [2.05, 4.69) is 9.80 Å². The number of hydrogen-bond acceptors (Lipinski definition) is 5.